The van der Waals surface area contributed by atoms with Crippen LogP contribution in [-0.2, 0) is 4.74 Å². The summed E-state index contributed by atoms with van der Waals surface area (Å²) in [4.78, 5) is 27.0. The molecule has 26 heavy (non-hydrogen) atoms. The van der Waals surface area contributed by atoms with E-state index in [0.717, 1.165) is 11.3 Å². The summed E-state index contributed by atoms with van der Waals surface area (Å²) in [6, 6.07) is 10.3. The number of imidazole rings is 1. The second-order valence-corrected chi connectivity index (χ2v) is 5.34. The fourth-order valence-corrected chi connectivity index (χ4v) is 2.25. The lowest BCUT2D eigenvalue weighted by Gasteiger charge is -1.99. The van der Waals surface area contributed by atoms with Crippen molar-refractivity contribution in [3.8, 4) is 0 Å². The SMILES string of the molecule is CNC(=O)Nc1cn2nc(/C=C/c3ccc(C(=O)OC)cc3)ccc2n1. The molecule has 0 fully saturated rings. The quantitative estimate of drug-likeness (QED) is 0.704. The van der Waals surface area contributed by atoms with E-state index in [0.29, 0.717) is 17.0 Å². The Morgan fingerprint density at radius 1 is 1.12 bits per heavy atom. The van der Waals surface area contributed by atoms with Crippen LogP contribution in [0.25, 0.3) is 17.8 Å². The van der Waals surface area contributed by atoms with Crippen LogP contribution in [0.1, 0.15) is 21.6 Å². The molecule has 1 aromatic carbocycles. The van der Waals surface area contributed by atoms with Crippen molar-refractivity contribution in [2.75, 3.05) is 19.5 Å². The number of esters is 1. The summed E-state index contributed by atoms with van der Waals surface area (Å²) in [5, 5.41) is 9.49. The number of hydrogen-bond acceptors (Lipinski definition) is 5. The minimum atomic E-state index is -0.367. The number of anilines is 1. The van der Waals surface area contributed by atoms with E-state index in [4.69, 9.17) is 0 Å². The van der Waals surface area contributed by atoms with E-state index < -0.39 is 0 Å². The molecule has 0 saturated carbocycles. The maximum absolute atomic E-state index is 11.4. The molecule has 3 rings (SSSR count). The van der Waals surface area contributed by atoms with Crippen molar-refractivity contribution < 1.29 is 14.3 Å². The van der Waals surface area contributed by atoms with Gasteiger partial charge in [-0.25, -0.2) is 19.1 Å². The van der Waals surface area contributed by atoms with Crippen LogP contribution in [0.3, 0.4) is 0 Å². The van der Waals surface area contributed by atoms with E-state index >= 15 is 0 Å². The molecule has 0 unspecified atom stereocenters. The number of nitrogens with zero attached hydrogens (tertiary/aromatic N) is 3. The zero-order valence-corrected chi connectivity index (χ0v) is 14.3. The highest BCUT2D eigenvalue weighted by Crippen LogP contribution is 2.12. The molecule has 2 amide bonds. The van der Waals surface area contributed by atoms with Gasteiger partial charge >= 0.3 is 12.0 Å². The highest BCUT2D eigenvalue weighted by molar-refractivity contribution is 5.89. The maximum Gasteiger partial charge on any atom is 0.337 e. The number of urea groups is 1. The zero-order valence-electron chi connectivity index (χ0n) is 14.3. The fourth-order valence-electron chi connectivity index (χ4n) is 2.25. The number of carbonyl (C=O) groups is 2. The first kappa shape index (κ1) is 17.2. The Morgan fingerprint density at radius 2 is 1.88 bits per heavy atom. The van der Waals surface area contributed by atoms with E-state index in [1.165, 1.54) is 14.2 Å². The molecule has 0 aliphatic carbocycles. The van der Waals surface area contributed by atoms with E-state index in [1.54, 1.807) is 22.8 Å². The number of fused-ring (bicyclic) bond motifs is 1. The molecule has 0 radical (unpaired) electrons. The number of nitrogens with one attached hydrogen (secondary N) is 2. The normalized spacial score (nSPS) is 10.8. The second-order valence-electron chi connectivity index (χ2n) is 5.34. The monoisotopic (exact) mass is 351 g/mol. The molecular weight excluding hydrogens is 334 g/mol. The summed E-state index contributed by atoms with van der Waals surface area (Å²) >= 11 is 0. The minimum Gasteiger partial charge on any atom is -0.465 e. The summed E-state index contributed by atoms with van der Waals surface area (Å²) < 4.78 is 6.26. The smallest absolute Gasteiger partial charge is 0.337 e. The molecule has 8 heteroatoms. The maximum atomic E-state index is 11.4. The van der Waals surface area contributed by atoms with Gasteiger partial charge in [0.15, 0.2) is 11.5 Å². The first-order valence-corrected chi connectivity index (χ1v) is 7.80. The van der Waals surface area contributed by atoms with Gasteiger partial charge in [-0.15, -0.1) is 0 Å². The van der Waals surface area contributed by atoms with Crippen molar-refractivity contribution in [2.24, 2.45) is 0 Å². The summed E-state index contributed by atoms with van der Waals surface area (Å²) in [5.74, 6) is 0.0466. The van der Waals surface area contributed by atoms with Crippen LogP contribution in [0.4, 0.5) is 10.6 Å². The Morgan fingerprint density at radius 3 is 2.58 bits per heavy atom. The molecule has 0 bridgehead atoms. The molecule has 132 valence electrons. The van der Waals surface area contributed by atoms with Gasteiger partial charge in [-0.3, -0.25) is 5.32 Å². The van der Waals surface area contributed by atoms with Crippen LogP contribution in [0, 0.1) is 0 Å². The number of benzene rings is 1. The van der Waals surface area contributed by atoms with Crippen molar-refractivity contribution in [2.45, 2.75) is 0 Å². The number of ether oxygens (including phenoxy) is 1. The third-order valence-electron chi connectivity index (χ3n) is 3.59. The Balaban J connectivity index is 1.76. The summed E-state index contributed by atoms with van der Waals surface area (Å²) in [6.07, 6.45) is 5.36. The number of aromatic nitrogens is 3. The lowest BCUT2D eigenvalue weighted by atomic mass is 10.1. The highest BCUT2D eigenvalue weighted by atomic mass is 16.5. The predicted molar refractivity (Wildman–Crippen MR) is 97.8 cm³/mol. The average molecular weight is 351 g/mol. The Labute approximate surface area is 149 Å². The number of amides is 2. The first-order chi connectivity index (χ1) is 12.6. The van der Waals surface area contributed by atoms with E-state index in [-0.39, 0.29) is 12.0 Å². The van der Waals surface area contributed by atoms with Gasteiger partial charge in [0.2, 0.25) is 0 Å². The van der Waals surface area contributed by atoms with Crippen molar-refractivity contribution in [1.29, 1.82) is 0 Å². The average Bonchev–Trinajstić information content (AvgIpc) is 3.07. The fraction of sp³-hybridized carbons (Fsp3) is 0.111. The molecule has 0 aliphatic rings. The number of carbonyl (C=O) groups excluding carboxylic acids is 2. The summed E-state index contributed by atoms with van der Waals surface area (Å²) in [6.45, 7) is 0. The van der Waals surface area contributed by atoms with Gasteiger partial charge in [0.25, 0.3) is 0 Å². The van der Waals surface area contributed by atoms with Crippen molar-refractivity contribution >= 4 is 35.6 Å². The molecule has 3 aromatic rings. The highest BCUT2D eigenvalue weighted by Gasteiger charge is 2.06. The van der Waals surface area contributed by atoms with Crippen LogP contribution < -0.4 is 10.6 Å². The van der Waals surface area contributed by atoms with Gasteiger partial charge in [-0.1, -0.05) is 18.2 Å². The van der Waals surface area contributed by atoms with Gasteiger partial charge in [-0.2, -0.15) is 5.10 Å². The van der Waals surface area contributed by atoms with Crippen LogP contribution in [0.2, 0.25) is 0 Å². The third-order valence-corrected chi connectivity index (χ3v) is 3.59. The number of methoxy groups -OCH3 is 1. The first-order valence-electron chi connectivity index (χ1n) is 7.80. The molecule has 0 atom stereocenters. The van der Waals surface area contributed by atoms with Crippen LogP contribution in [0.15, 0.2) is 42.6 Å². The van der Waals surface area contributed by atoms with Gasteiger partial charge < -0.3 is 10.1 Å². The van der Waals surface area contributed by atoms with Crippen molar-refractivity contribution in [3.63, 3.8) is 0 Å². The summed E-state index contributed by atoms with van der Waals surface area (Å²) in [5.41, 5.74) is 2.76. The number of hydrogen-bond donors (Lipinski definition) is 2. The van der Waals surface area contributed by atoms with E-state index in [2.05, 4.69) is 25.5 Å². The lowest BCUT2D eigenvalue weighted by molar-refractivity contribution is 0.0600. The Bertz CT molecular complexity index is 976. The number of rotatable bonds is 4. The molecule has 0 aliphatic heterocycles. The minimum absolute atomic E-state index is 0.344. The Kier molecular flexibility index (Phi) is 4.93. The van der Waals surface area contributed by atoms with Crippen molar-refractivity contribution in [3.05, 3.63) is 59.4 Å². The molecule has 0 spiro atoms. The summed E-state index contributed by atoms with van der Waals surface area (Å²) in [7, 11) is 2.88. The lowest BCUT2D eigenvalue weighted by Crippen LogP contribution is -2.24. The molecule has 2 heterocycles. The molecule has 8 nitrogen and oxygen atoms in total. The largest absolute Gasteiger partial charge is 0.465 e. The molecular formula is C18H17N5O3. The molecule has 0 saturated heterocycles. The zero-order chi connectivity index (χ0) is 18.5. The second kappa shape index (κ2) is 7.47. The van der Waals surface area contributed by atoms with Crippen molar-refractivity contribution in [1.82, 2.24) is 19.9 Å². The van der Waals surface area contributed by atoms with Gasteiger partial charge in [0.05, 0.1) is 24.6 Å². The van der Waals surface area contributed by atoms with Crippen LogP contribution in [0.5, 0.6) is 0 Å². The van der Waals surface area contributed by atoms with Gasteiger partial charge in [-0.05, 0) is 35.9 Å². The van der Waals surface area contributed by atoms with Gasteiger partial charge in [0.1, 0.15) is 0 Å². The predicted octanol–water partition coefficient (Wildman–Crippen LogP) is 2.44. The van der Waals surface area contributed by atoms with E-state index in [9.17, 15) is 9.59 Å². The topological polar surface area (TPSA) is 97.6 Å². The molecule has 2 N–H and O–H groups in total. The van der Waals surface area contributed by atoms with Gasteiger partial charge in [0, 0.05) is 7.05 Å². The molecule has 2 aromatic heterocycles. The van der Waals surface area contributed by atoms with E-state index in [1.807, 2.05) is 36.4 Å². The van der Waals surface area contributed by atoms with Crippen LogP contribution in [-0.4, -0.2) is 40.8 Å². The third kappa shape index (κ3) is 3.86. The standard InChI is InChI=1S/C18H17N5O3/c1-19-18(25)21-15-11-23-16(20-15)10-9-14(22-23)8-5-12-3-6-13(7-4-12)17(24)26-2/h3-11H,1-2H3,(H2,19,21,25)/b8-5+. The Hall–Kier alpha value is -3.68. The van der Waals surface area contributed by atoms with Crippen LogP contribution >= 0.6 is 0 Å².